The van der Waals surface area contributed by atoms with Crippen LogP contribution in [0.25, 0.3) is 0 Å². The molecular formula is C16H21BrO2. The Bertz CT molecular complexity index is 438. The van der Waals surface area contributed by atoms with Gasteiger partial charge in [-0.3, -0.25) is 0 Å². The zero-order valence-electron chi connectivity index (χ0n) is 11.1. The van der Waals surface area contributed by atoms with Crippen LogP contribution in [0, 0.1) is 5.41 Å². The third kappa shape index (κ3) is 2.43. The van der Waals surface area contributed by atoms with Gasteiger partial charge in [0.05, 0.1) is 10.6 Å². The maximum atomic E-state index is 10.3. The Morgan fingerprint density at radius 2 is 1.79 bits per heavy atom. The number of benzene rings is 1. The van der Waals surface area contributed by atoms with E-state index in [9.17, 15) is 5.11 Å². The molecule has 3 rings (SSSR count). The highest BCUT2D eigenvalue weighted by atomic mass is 79.9. The van der Waals surface area contributed by atoms with Gasteiger partial charge in [-0.05, 0) is 40.9 Å². The normalized spacial score (nSPS) is 29.6. The Morgan fingerprint density at radius 1 is 1.11 bits per heavy atom. The number of aliphatic hydroxyl groups excluding tert-OH is 1. The third-order valence-electron chi connectivity index (χ3n) is 4.88. The lowest BCUT2D eigenvalue weighted by molar-refractivity contribution is -0.163. The first kappa shape index (κ1) is 13.4. The Kier molecular flexibility index (Phi) is 3.86. The highest BCUT2D eigenvalue weighted by molar-refractivity contribution is 9.10. The summed E-state index contributed by atoms with van der Waals surface area (Å²) in [5.41, 5.74) is 0.0196. The molecule has 0 saturated heterocycles. The largest absolute Gasteiger partial charge is 0.488 e. The molecule has 2 nitrogen and oxygen atoms in total. The van der Waals surface area contributed by atoms with Gasteiger partial charge in [-0.15, -0.1) is 0 Å². The summed E-state index contributed by atoms with van der Waals surface area (Å²) in [7, 11) is 0. The van der Waals surface area contributed by atoms with Gasteiger partial charge in [0.25, 0.3) is 0 Å². The van der Waals surface area contributed by atoms with E-state index >= 15 is 0 Å². The smallest absolute Gasteiger partial charge is 0.133 e. The fourth-order valence-corrected chi connectivity index (χ4v) is 4.01. The summed E-state index contributed by atoms with van der Waals surface area (Å²) in [4.78, 5) is 0. The number of aliphatic hydroxyl groups is 1. The molecule has 104 valence electrons. The molecular weight excluding hydrogens is 304 g/mol. The SMILES string of the molecule is OC1CC(Oc2ccccc2Br)C12CCCCCC2. The summed E-state index contributed by atoms with van der Waals surface area (Å²) in [5.74, 6) is 0.906. The van der Waals surface area contributed by atoms with Gasteiger partial charge in [0, 0.05) is 11.8 Å². The van der Waals surface area contributed by atoms with Crippen molar-refractivity contribution < 1.29 is 9.84 Å². The molecule has 0 amide bonds. The number of para-hydroxylation sites is 1. The first-order valence-corrected chi connectivity index (χ1v) is 8.11. The minimum atomic E-state index is -0.168. The van der Waals surface area contributed by atoms with E-state index < -0.39 is 0 Å². The van der Waals surface area contributed by atoms with Crippen molar-refractivity contribution in [1.82, 2.24) is 0 Å². The fourth-order valence-electron chi connectivity index (χ4n) is 3.63. The molecule has 19 heavy (non-hydrogen) atoms. The molecule has 0 bridgehead atoms. The quantitative estimate of drug-likeness (QED) is 0.878. The van der Waals surface area contributed by atoms with Gasteiger partial charge < -0.3 is 9.84 Å². The van der Waals surface area contributed by atoms with Gasteiger partial charge in [0.15, 0.2) is 0 Å². The molecule has 2 fully saturated rings. The number of rotatable bonds is 2. The average molecular weight is 325 g/mol. The molecule has 0 aromatic heterocycles. The zero-order valence-corrected chi connectivity index (χ0v) is 12.7. The lowest BCUT2D eigenvalue weighted by Crippen LogP contribution is -2.59. The second kappa shape index (κ2) is 5.45. The summed E-state index contributed by atoms with van der Waals surface area (Å²) < 4.78 is 7.19. The van der Waals surface area contributed by atoms with E-state index in [1.807, 2.05) is 24.3 Å². The van der Waals surface area contributed by atoms with E-state index in [1.165, 1.54) is 25.7 Å². The van der Waals surface area contributed by atoms with Gasteiger partial charge in [0.2, 0.25) is 0 Å². The van der Waals surface area contributed by atoms with Crippen LogP contribution in [0.1, 0.15) is 44.9 Å². The lowest BCUT2D eigenvalue weighted by Gasteiger charge is -2.53. The van der Waals surface area contributed by atoms with Crippen LogP contribution in [-0.2, 0) is 0 Å². The Labute approximate surface area is 123 Å². The summed E-state index contributed by atoms with van der Waals surface area (Å²) >= 11 is 3.53. The Balaban J connectivity index is 1.76. The second-order valence-electron chi connectivity index (χ2n) is 5.94. The molecule has 2 atom stereocenters. The molecule has 3 heteroatoms. The van der Waals surface area contributed by atoms with Crippen LogP contribution >= 0.6 is 15.9 Å². The summed E-state index contributed by atoms with van der Waals surface area (Å²) in [5, 5.41) is 10.3. The summed E-state index contributed by atoms with van der Waals surface area (Å²) in [6, 6.07) is 7.99. The number of hydrogen-bond donors (Lipinski definition) is 1. The topological polar surface area (TPSA) is 29.5 Å². The molecule has 2 saturated carbocycles. The van der Waals surface area contributed by atoms with Crippen LogP contribution in [0.2, 0.25) is 0 Å². The van der Waals surface area contributed by atoms with E-state index in [-0.39, 0.29) is 17.6 Å². The molecule has 1 aromatic carbocycles. The molecule has 1 aromatic rings. The van der Waals surface area contributed by atoms with Crippen molar-refractivity contribution in [3.05, 3.63) is 28.7 Å². The van der Waals surface area contributed by atoms with Crippen LogP contribution in [0.5, 0.6) is 5.75 Å². The van der Waals surface area contributed by atoms with Crippen LogP contribution in [-0.4, -0.2) is 17.3 Å². The van der Waals surface area contributed by atoms with Gasteiger partial charge in [-0.25, -0.2) is 0 Å². The van der Waals surface area contributed by atoms with Gasteiger partial charge >= 0.3 is 0 Å². The predicted octanol–water partition coefficient (Wildman–Crippen LogP) is 4.30. The van der Waals surface area contributed by atoms with Crippen molar-refractivity contribution in [1.29, 1.82) is 0 Å². The van der Waals surface area contributed by atoms with Crippen LogP contribution in [0.15, 0.2) is 28.7 Å². The molecule has 2 aliphatic rings. The van der Waals surface area contributed by atoms with Crippen molar-refractivity contribution in [2.24, 2.45) is 5.41 Å². The fraction of sp³-hybridized carbons (Fsp3) is 0.625. The monoisotopic (exact) mass is 324 g/mol. The van der Waals surface area contributed by atoms with E-state index in [4.69, 9.17) is 4.74 Å². The number of hydrogen-bond acceptors (Lipinski definition) is 2. The lowest BCUT2D eigenvalue weighted by atomic mass is 9.59. The number of halogens is 1. The maximum Gasteiger partial charge on any atom is 0.133 e. The minimum absolute atomic E-state index is 0.0196. The minimum Gasteiger partial charge on any atom is -0.488 e. The molecule has 2 aliphatic carbocycles. The van der Waals surface area contributed by atoms with E-state index in [0.29, 0.717) is 0 Å². The molecule has 2 unspecified atom stereocenters. The van der Waals surface area contributed by atoms with Crippen molar-refractivity contribution in [2.75, 3.05) is 0 Å². The predicted molar refractivity (Wildman–Crippen MR) is 79.3 cm³/mol. The second-order valence-corrected chi connectivity index (χ2v) is 6.79. The van der Waals surface area contributed by atoms with Crippen molar-refractivity contribution >= 4 is 15.9 Å². The van der Waals surface area contributed by atoms with Gasteiger partial charge in [-0.1, -0.05) is 37.8 Å². The molecule has 0 radical (unpaired) electrons. The summed E-state index contributed by atoms with van der Waals surface area (Å²) in [6.07, 6.45) is 8.08. The molecule has 0 aliphatic heterocycles. The summed E-state index contributed by atoms with van der Waals surface area (Å²) in [6.45, 7) is 0. The van der Waals surface area contributed by atoms with Crippen LogP contribution in [0.4, 0.5) is 0 Å². The third-order valence-corrected chi connectivity index (χ3v) is 5.54. The van der Waals surface area contributed by atoms with Gasteiger partial charge in [0.1, 0.15) is 11.9 Å². The highest BCUT2D eigenvalue weighted by Crippen LogP contribution is 2.52. The average Bonchev–Trinajstić information content (AvgIpc) is 2.68. The van der Waals surface area contributed by atoms with E-state index in [0.717, 1.165) is 29.5 Å². The van der Waals surface area contributed by atoms with E-state index in [1.54, 1.807) is 0 Å². The molecule has 1 N–H and O–H groups in total. The first-order valence-electron chi connectivity index (χ1n) is 7.32. The van der Waals surface area contributed by atoms with Gasteiger partial charge in [-0.2, -0.15) is 0 Å². The van der Waals surface area contributed by atoms with Crippen molar-refractivity contribution in [3.8, 4) is 5.75 Å². The standard InChI is InChI=1S/C16H21BrO2/c17-12-7-3-4-8-13(12)19-15-11-14(18)16(15)9-5-1-2-6-10-16/h3-4,7-8,14-15,18H,1-2,5-6,9-11H2. The van der Waals surface area contributed by atoms with Crippen molar-refractivity contribution in [3.63, 3.8) is 0 Å². The maximum absolute atomic E-state index is 10.3. The molecule has 1 spiro atoms. The van der Waals surface area contributed by atoms with E-state index in [2.05, 4.69) is 15.9 Å². The Morgan fingerprint density at radius 3 is 2.42 bits per heavy atom. The van der Waals surface area contributed by atoms with Crippen LogP contribution < -0.4 is 4.74 Å². The molecule has 0 heterocycles. The van der Waals surface area contributed by atoms with Crippen molar-refractivity contribution in [2.45, 2.75) is 57.2 Å². The Hall–Kier alpha value is -0.540. The number of ether oxygens (including phenoxy) is 1. The van der Waals surface area contributed by atoms with Crippen LogP contribution in [0.3, 0.4) is 0 Å². The first-order chi connectivity index (χ1) is 9.22. The zero-order chi connectivity index (χ0) is 13.3. The highest BCUT2D eigenvalue weighted by Gasteiger charge is 2.55.